The summed E-state index contributed by atoms with van der Waals surface area (Å²) in [4.78, 5) is 11.2. The van der Waals surface area contributed by atoms with E-state index in [1.54, 1.807) is 6.20 Å². The molecule has 1 aliphatic rings. The number of nitrogens with zero attached hydrogens (tertiary/aromatic N) is 3. The van der Waals surface area contributed by atoms with Crippen molar-refractivity contribution in [2.75, 3.05) is 39.9 Å². The van der Waals surface area contributed by atoms with E-state index in [1.807, 2.05) is 37.4 Å². The number of halogens is 1. The molecule has 1 aromatic carbocycles. The van der Waals surface area contributed by atoms with Gasteiger partial charge >= 0.3 is 0 Å². The Bertz CT molecular complexity index is 811. The summed E-state index contributed by atoms with van der Waals surface area (Å²) in [6.45, 7) is 10.3. The zero-order chi connectivity index (χ0) is 22.6. The molecule has 33 heavy (non-hydrogen) atoms. The number of hydrogen-bond donors (Lipinski definition) is 2. The van der Waals surface area contributed by atoms with Crippen molar-refractivity contribution in [1.29, 1.82) is 0 Å². The molecule has 0 bridgehead atoms. The van der Waals surface area contributed by atoms with Gasteiger partial charge in [-0.2, -0.15) is 0 Å². The molecule has 1 atom stereocenters. The van der Waals surface area contributed by atoms with Crippen molar-refractivity contribution < 1.29 is 9.47 Å². The number of rotatable bonds is 10. The van der Waals surface area contributed by atoms with Gasteiger partial charge in [0, 0.05) is 45.5 Å². The normalized spacial score (nSPS) is 15.6. The lowest BCUT2D eigenvalue weighted by Gasteiger charge is -2.35. The maximum Gasteiger partial charge on any atom is 0.191 e. The predicted octanol–water partition coefficient (Wildman–Crippen LogP) is 3.69. The van der Waals surface area contributed by atoms with Crippen LogP contribution in [0.15, 0.2) is 53.7 Å². The molecule has 2 aromatic rings. The van der Waals surface area contributed by atoms with E-state index in [4.69, 9.17) is 9.47 Å². The summed E-state index contributed by atoms with van der Waals surface area (Å²) in [5, 5.41) is 6.94. The van der Waals surface area contributed by atoms with Gasteiger partial charge in [-0.15, -0.1) is 24.0 Å². The first kappa shape index (κ1) is 27.3. The van der Waals surface area contributed by atoms with Crippen LogP contribution in [0.4, 0.5) is 0 Å². The van der Waals surface area contributed by atoms with Gasteiger partial charge in [-0.3, -0.25) is 14.9 Å². The second-order valence-electron chi connectivity index (χ2n) is 8.49. The largest absolute Gasteiger partial charge is 0.487 e. The lowest BCUT2D eigenvalue weighted by molar-refractivity contribution is 0.0132. The number of guanidine groups is 1. The molecule has 0 amide bonds. The van der Waals surface area contributed by atoms with Gasteiger partial charge in [0.25, 0.3) is 0 Å². The van der Waals surface area contributed by atoms with Crippen LogP contribution in [0.5, 0.6) is 5.75 Å². The van der Waals surface area contributed by atoms with E-state index >= 15 is 0 Å². The van der Waals surface area contributed by atoms with Crippen LogP contribution in [-0.4, -0.2) is 61.8 Å². The van der Waals surface area contributed by atoms with E-state index < -0.39 is 0 Å². The molecule has 7 nitrogen and oxygen atoms in total. The highest BCUT2D eigenvalue weighted by Gasteiger charge is 2.22. The average molecular weight is 568 g/mol. The molecule has 0 spiro atoms. The van der Waals surface area contributed by atoms with Crippen LogP contribution < -0.4 is 15.4 Å². The van der Waals surface area contributed by atoms with Crippen LogP contribution in [0.25, 0.3) is 0 Å². The molecular formula is C25H38IN5O2. The van der Waals surface area contributed by atoms with Gasteiger partial charge in [0.05, 0.1) is 18.9 Å². The summed E-state index contributed by atoms with van der Waals surface area (Å²) < 4.78 is 11.3. The Hall–Kier alpha value is -1.91. The monoisotopic (exact) mass is 567 g/mol. The minimum Gasteiger partial charge on any atom is -0.487 e. The number of benzene rings is 1. The third kappa shape index (κ3) is 9.85. The van der Waals surface area contributed by atoms with Crippen molar-refractivity contribution in [2.45, 2.75) is 39.5 Å². The van der Waals surface area contributed by atoms with E-state index in [9.17, 15) is 0 Å². The van der Waals surface area contributed by atoms with Crippen LogP contribution in [-0.2, 0) is 17.9 Å². The van der Waals surface area contributed by atoms with Gasteiger partial charge < -0.3 is 20.1 Å². The van der Waals surface area contributed by atoms with Crippen molar-refractivity contribution in [3.63, 3.8) is 0 Å². The van der Waals surface area contributed by atoms with Crippen molar-refractivity contribution in [2.24, 2.45) is 10.9 Å². The maximum atomic E-state index is 5.82. The quantitative estimate of drug-likeness (QED) is 0.259. The number of aliphatic imine (C=N–C) groups is 1. The Balaban J connectivity index is 0.00000385. The lowest BCUT2D eigenvalue weighted by Crippen LogP contribution is -2.50. The Morgan fingerprint density at radius 2 is 1.88 bits per heavy atom. The van der Waals surface area contributed by atoms with E-state index in [-0.39, 0.29) is 24.0 Å². The molecule has 2 heterocycles. The fourth-order valence-electron chi connectivity index (χ4n) is 3.81. The Morgan fingerprint density at radius 1 is 1.12 bits per heavy atom. The standard InChI is InChI=1S/C25H37N5O2.HI/c1-20(2)16-23(30-12-14-31-15-13-30)18-29-25(26-3)28-17-21-7-9-24(10-8-21)32-19-22-6-4-5-11-27-22;/h4-11,20,23H,12-19H2,1-3H3,(H2,26,28,29);1H. The molecule has 1 fully saturated rings. The van der Waals surface area contributed by atoms with Crippen LogP contribution in [0.1, 0.15) is 31.5 Å². The molecule has 0 saturated carbocycles. The molecule has 1 unspecified atom stereocenters. The molecule has 0 aliphatic carbocycles. The fourth-order valence-corrected chi connectivity index (χ4v) is 3.81. The topological polar surface area (TPSA) is 71.0 Å². The Morgan fingerprint density at radius 3 is 2.52 bits per heavy atom. The van der Waals surface area contributed by atoms with Crippen LogP contribution >= 0.6 is 24.0 Å². The van der Waals surface area contributed by atoms with E-state index in [0.717, 1.165) is 56.7 Å². The zero-order valence-electron chi connectivity index (χ0n) is 20.0. The van der Waals surface area contributed by atoms with Crippen molar-refractivity contribution in [1.82, 2.24) is 20.5 Å². The lowest BCUT2D eigenvalue weighted by atomic mass is 10.0. The Kier molecular flexibility index (Phi) is 12.5. The number of pyridine rings is 1. The van der Waals surface area contributed by atoms with Crippen molar-refractivity contribution >= 4 is 29.9 Å². The number of hydrogen-bond acceptors (Lipinski definition) is 5. The highest BCUT2D eigenvalue weighted by atomic mass is 127. The summed E-state index contributed by atoms with van der Waals surface area (Å²) >= 11 is 0. The first-order chi connectivity index (χ1) is 15.6. The van der Waals surface area contributed by atoms with Crippen molar-refractivity contribution in [3.8, 4) is 5.75 Å². The first-order valence-electron chi connectivity index (χ1n) is 11.5. The van der Waals surface area contributed by atoms with E-state index in [2.05, 4.69) is 51.5 Å². The summed E-state index contributed by atoms with van der Waals surface area (Å²) in [5.41, 5.74) is 2.09. The maximum absolute atomic E-state index is 5.82. The number of ether oxygens (including phenoxy) is 2. The fraction of sp³-hybridized carbons (Fsp3) is 0.520. The second-order valence-corrected chi connectivity index (χ2v) is 8.49. The first-order valence-corrected chi connectivity index (χ1v) is 11.5. The minimum atomic E-state index is 0. The van der Waals surface area contributed by atoms with E-state index in [0.29, 0.717) is 25.1 Å². The summed E-state index contributed by atoms with van der Waals surface area (Å²) in [5.74, 6) is 2.31. The minimum absolute atomic E-state index is 0. The van der Waals surface area contributed by atoms with Crippen LogP contribution in [0, 0.1) is 5.92 Å². The van der Waals surface area contributed by atoms with E-state index in [1.165, 1.54) is 5.56 Å². The molecule has 0 radical (unpaired) electrons. The van der Waals surface area contributed by atoms with Gasteiger partial charge in [-0.1, -0.05) is 32.0 Å². The van der Waals surface area contributed by atoms with Crippen molar-refractivity contribution in [3.05, 3.63) is 59.9 Å². The highest BCUT2D eigenvalue weighted by Crippen LogP contribution is 2.14. The SMILES string of the molecule is CN=C(NCc1ccc(OCc2ccccn2)cc1)NCC(CC(C)C)N1CCOCC1.I. The van der Waals surface area contributed by atoms with Gasteiger partial charge in [-0.05, 0) is 42.2 Å². The highest BCUT2D eigenvalue weighted by molar-refractivity contribution is 14.0. The van der Waals surface area contributed by atoms with Gasteiger partial charge in [-0.25, -0.2) is 0 Å². The van der Waals surface area contributed by atoms with Crippen LogP contribution in [0.3, 0.4) is 0 Å². The van der Waals surface area contributed by atoms with Crippen LogP contribution in [0.2, 0.25) is 0 Å². The summed E-state index contributed by atoms with van der Waals surface area (Å²) in [6, 6.07) is 14.4. The third-order valence-corrected chi connectivity index (χ3v) is 5.53. The molecule has 3 rings (SSSR count). The average Bonchev–Trinajstić information content (AvgIpc) is 2.83. The number of morpholine rings is 1. The second kappa shape index (κ2) is 15.1. The summed E-state index contributed by atoms with van der Waals surface area (Å²) in [7, 11) is 1.82. The van der Waals surface area contributed by atoms with Gasteiger partial charge in [0.15, 0.2) is 5.96 Å². The molecule has 1 aliphatic heterocycles. The molecule has 182 valence electrons. The Labute approximate surface area is 215 Å². The smallest absolute Gasteiger partial charge is 0.191 e. The molecule has 2 N–H and O–H groups in total. The number of aromatic nitrogens is 1. The predicted molar refractivity (Wildman–Crippen MR) is 144 cm³/mol. The third-order valence-electron chi connectivity index (χ3n) is 5.53. The van der Waals surface area contributed by atoms with Gasteiger partial charge in [0.1, 0.15) is 12.4 Å². The summed E-state index contributed by atoms with van der Waals surface area (Å²) in [6.07, 6.45) is 2.93. The molecular weight excluding hydrogens is 529 g/mol. The van der Waals surface area contributed by atoms with Gasteiger partial charge in [0.2, 0.25) is 0 Å². The molecule has 1 saturated heterocycles. The molecule has 1 aromatic heterocycles. The number of nitrogens with one attached hydrogen (secondary N) is 2. The zero-order valence-corrected chi connectivity index (χ0v) is 22.3. The molecule has 8 heteroatoms.